The standard InChI is InChI=1S/C21H20N4O2/c26-12-4-3-11-25-14-16(17-5-1-2-6-19(17)25)13-18-20(23-24-21(18)27)15-7-9-22-10-8-15/h1-2,5-10,13-14,26H,3-4,11-12H2,(H,24,27). The highest BCUT2D eigenvalue weighted by Crippen LogP contribution is 2.26. The summed E-state index contributed by atoms with van der Waals surface area (Å²) in [6.45, 7) is 1.02. The van der Waals surface area contributed by atoms with Crippen LogP contribution in [0.2, 0.25) is 0 Å². The van der Waals surface area contributed by atoms with Crippen LogP contribution in [-0.4, -0.2) is 32.9 Å². The molecule has 0 fully saturated rings. The second-order valence-electron chi connectivity index (χ2n) is 6.42. The monoisotopic (exact) mass is 360 g/mol. The maximum atomic E-state index is 12.4. The first-order chi connectivity index (χ1) is 13.3. The van der Waals surface area contributed by atoms with Gasteiger partial charge in [-0.1, -0.05) is 18.2 Å². The molecule has 3 heterocycles. The zero-order valence-electron chi connectivity index (χ0n) is 14.8. The van der Waals surface area contributed by atoms with Crippen LogP contribution in [0.25, 0.3) is 17.0 Å². The minimum absolute atomic E-state index is 0.196. The molecular formula is C21H20N4O2. The van der Waals surface area contributed by atoms with Gasteiger partial charge in [0.1, 0.15) is 5.71 Å². The first-order valence-electron chi connectivity index (χ1n) is 8.97. The lowest BCUT2D eigenvalue weighted by Gasteiger charge is -2.03. The molecule has 0 spiro atoms. The number of hydrogen-bond donors (Lipinski definition) is 2. The van der Waals surface area contributed by atoms with Gasteiger partial charge >= 0.3 is 0 Å². The second-order valence-corrected chi connectivity index (χ2v) is 6.42. The van der Waals surface area contributed by atoms with Crippen molar-refractivity contribution in [2.45, 2.75) is 19.4 Å². The number of aliphatic hydroxyl groups excluding tert-OH is 1. The van der Waals surface area contributed by atoms with E-state index in [1.165, 1.54) is 0 Å². The number of amides is 1. The van der Waals surface area contributed by atoms with Crippen molar-refractivity contribution < 1.29 is 9.90 Å². The molecule has 1 aromatic carbocycles. The first kappa shape index (κ1) is 17.2. The lowest BCUT2D eigenvalue weighted by Crippen LogP contribution is -2.13. The van der Waals surface area contributed by atoms with Crippen LogP contribution in [-0.2, 0) is 11.3 Å². The molecule has 6 nitrogen and oxygen atoms in total. The summed E-state index contributed by atoms with van der Waals surface area (Å²) in [6.07, 6.45) is 8.99. The Bertz CT molecular complexity index is 1030. The number of carbonyl (C=O) groups is 1. The predicted octanol–water partition coefficient (Wildman–Crippen LogP) is 2.73. The van der Waals surface area contributed by atoms with E-state index >= 15 is 0 Å². The Hall–Kier alpha value is -3.25. The molecule has 2 N–H and O–H groups in total. The molecule has 27 heavy (non-hydrogen) atoms. The number of aryl methyl sites for hydroxylation is 1. The van der Waals surface area contributed by atoms with E-state index in [9.17, 15) is 4.79 Å². The number of nitrogens with one attached hydrogen (secondary N) is 1. The predicted molar refractivity (Wildman–Crippen MR) is 105 cm³/mol. The molecule has 1 aliphatic rings. The summed E-state index contributed by atoms with van der Waals surface area (Å²) >= 11 is 0. The molecule has 136 valence electrons. The van der Waals surface area contributed by atoms with Gasteiger partial charge in [-0.05, 0) is 37.1 Å². The summed E-state index contributed by atoms with van der Waals surface area (Å²) in [5.41, 5.74) is 6.66. The first-order valence-corrected chi connectivity index (χ1v) is 8.97. The van der Waals surface area contributed by atoms with Crippen molar-refractivity contribution in [2.75, 3.05) is 6.61 Å². The molecule has 0 aliphatic carbocycles. The SMILES string of the molecule is O=C1NN=C(c2ccncc2)C1=Cc1cn(CCCCO)c2ccccc12. The van der Waals surface area contributed by atoms with Crippen LogP contribution in [0.1, 0.15) is 24.0 Å². The minimum atomic E-state index is -0.209. The van der Waals surface area contributed by atoms with Gasteiger partial charge in [-0.3, -0.25) is 9.78 Å². The van der Waals surface area contributed by atoms with Gasteiger partial charge in [0.15, 0.2) is 0 Å². The van der Waals surface area contributed by atoms with Crippen molar-refractivity contribution in [1.29, 1.82) is 0 Å². The molecule has 0 radical (unpaired) electrons. The highest BCUT2D eigenvalue weighted by Gasteiger charge is 2.24. The van der Waals surface area contributed by atoms with Gasteiger partial charge in [0.2, 0.25) is 0 Å². The minimum Gasteiger partial charge on any atom is -0.396 e. The summed E-state index contributed by atoms with van der Waals surface area (Å²) in [7, 11) is 0. The van der Waals surface area contributed by atoms with Gasteiger partial charge in [0, 0.05) is 53.8 Å². The molecule has 0 bridgehead atoms. The summed E-state index contributed by atoms with van der Waals surface area (Å²) in [6, 6.07) is 11.8. The Labute approximate surface area is 156 Å². The maximum absolute atomic E-state index is 12.4. The Kier molecular flexibility index (Phi) is 4.80. The van der Waals surface area contributed by atoms with Crippen molar-refractivity contribution >= 4 is 28.6 Å². The quantitative estimate of drug-likeness (QED) is 0.524. The number of pyridine rings is 1. The smallest absolute Gasteiger partial charge is 0.273 e. The number of carbonyl (C=O) groups excluding carboxylic acids is 1. The van der Waals surface area contributed by atoms with E-state index in [1.807, 2.05) is 30.3 Å². The van der Waals surface area contributed by atoms with Crippen LogP contribution in [0.3, 0.4) is 0 Å². The van der Waals surface area contributed by atoms with E-state index in [1.54, 1.807) is 12.4 Å². The molecular weight excluding hydrogens is 340 g/mol. The Morgan fingerprint density at radius 2 is 1.93 bits per heavy atom. The molecule has 6 heteroatoms. The molecule has 0 atom stereocenters. The fourth-order valence-electron chi connectivity index (χ4n) is 3.32. The number of fused-ring (bicyclic) bond motifs is 1. The lowest BCUT2D eigenvalue weighted by atomic mass is 10.0. The molecule has 0 saturated heterocycles. The van der Waals surface area contributed by atoms with Gasteiger partial charge < -0.3 is 9.67 Å². The normalized spacial score (nSPS) is 15.4. The zero-order valence-corrected chi connectivity index (χ0v) is 14.8. The van der Waals surface area contributed by atoms with Gasteiger partial charge in [-0.25, -0.2) is 5.43 Å². The number of hydrogen-bond acceptors (Lipinski definition) is 4. The van der Waals surface area contributed by atoms with Crippen LogP contribution in [0.4, 0.5) is 0 Å². The fourth-order valence-corrected chi connectivity index (χ4v) is 3.32. The van der Waals surface area contributed by atoms with Gasteiger partial charge in [-0.15, -0.1) is 0 Å². The number of hydrazone groups is 1. The number of unbranched alkanes of at least 4 members (excludes halogenated alkanes) is 1. The number of benzene rings is 1. The molecule has 1 aliphatic heterocycles. The van der Waals surface area contributed by atoms with Crippen LogP contribution >= 0.6 is 0 Å². The van der Waals surface area contributed by atoms with Gasteiger partial charge in [-0.2, -0.15) is 5.10 Å². The van der Waals surface area contributed by atoms with E-state index in [0.717, 1.165) is 41.4 Å². The highest BCUT2D eigenvalue weighted by atomic mass is 16.2. The zero-order chi connectivity index (χ0) is 18.6. The summed E-state index contributed by atoms with van der Waals surface area (Å²) < 4.78 is 2.17. The molecule has 2 aromatic heterocycles. The molecule has 1 amide bonds. The summed E-state index contributed by atoms with van der Waals surface area (Å²) in [5.74, 6) is -0.209. The van der Waals surface area contributed by atoms with E-state index in [-0.39, 0.29) is 12.5 Å². The summed E-state index contributed by atoms with van der Waals surface area (Å²) in [4.78, 5) is 16.4. The van der Waals surface area contributed by atoms with E-state index < -0.39 is 0 Å². The lowest BCUT2D eigenvalue weighted by molar-refractivity contribution is -0.116. The summed E-state index contributed by atoms with van der Waals surface area (Å²) in [5, 5.41) is 14.3. The third kappa shape index (κ3) is 3.39. The van der Waals surface area contributed by atoms with Crippen LogP contribution in [0, 0.1) is 0 Å². The van der Waals surface area contributed by atoms with Crippen LogP contribution in [0.15, 0.2) is 65.7 Å². The highest BCUT2D eigenvalue weighted by molar-refractivity contribution is 6.33. The maximum Gasteiger partial charge on any atom is 0.273 e. The molecule has 4 rings (SSSR count). The number of aliphatic hydroxyl groups is 1. The fraction of sp³-hybridized carbons (Fsp3) is 0.190. The van der Waals surface area contributed by atoms with Crippen molar-refractivity contribution in [1.82, 2.24) is 15.0 Å². The van der Waals surface area contributed by atoms with E-state index in [2.05, 4.69) is 38.4 Å². The Balaban J connectivity index is 1.75. The van der Waals surface area contributed by atoms with Gasteiger partial charge in [0.25, 0.3) is 5.91 Å². The average Bonchev–Trinajstić information content (AvgIpc) is 3.24. The number of rotatable bonds is 6. The van der Waals surface area contributed by atoms with E-state index in [4.69, 9.17) is 5.11 Å². The largest absolute Gasteiger partial charge is 0.396 e. The van der Waals surface area contributed by atoms with Crippen molar-refractivity contribution in [3.05, 3.63) is 71.7 Å². The van der Waals surface area contributed by atoms with Crippen molar-refractivity contribution in [3.63, 3.8) is 0 Å². The third-order valence-corrected chi connectivity index (χ3v) is 4.65. The number of para-hydroxylation sites is 1. The molecule has 0 saturated carbocycles. The number of aromatic nitrogens is 2. The third-order valence-electron chi connectivity index (χ3n) is 4.65. The van der Waals surface area contributed by atoms with E-state index in [0.29, 0.717) is 11.3 Å². The van der Waals surface area contributed by atoms with Crippen LogP contribution < -0.4 is 5.43 Å². The number of nitrogens with zero attached hydrogens (tertiary/aromatic N) is 3. The van der Waals surface area contributed by atoms with Gasteiger partial charge in [0.05, 0.1) is 5.57 Å². The van der Waals surface area contributed by atoms with Crippen molar-refractivity contribution in [3.8, 4) is 0 Å². The topological polar surface area (TPSA) is 79.5 Å². The molecule has 3 aromatic rings. The average molecular weight is 360 g/mol. The molecule has 0 unspecified atom stereocenters. The second kappa shape index (κ2) is 7.55. The Morgan fingerprint density at radius 3 is 2.74 bits per heavy atom. The Morgan fingerprint density at radius 1 is 1.11 bits per heavy atom. The van der Waals surface area contributed by atoms with Crippen molar-refractivity contribution in [2.24, 2.45) is 5.10 Å². The van der Waals surface area contributed by atoms with Crippen LogP contribution in [0.5, 0.6) is 0 Å².